The van der Waals surface area contributed by atoms with Crippen molar-refractivity contribution < 1.29 is 14.3 Å². The fourth-order valence-corrected chi connectivity index (χ4v) is 0.134. The van der Waals surface area contributed by atoms with E-state index >= 15 is 0 Å². The Bertz CT molecular complexity index is 90.2. The standard InChI is InChI=1S/C4H4FO2.Na.H/c1-3(5)2-4(6)7;;/h2H,1H2,(H,6,7);;. The summed E-state index contributed by atoms with van der Waals surface area (Å²) >= 11 is 0. The molecule has 0 bridgehead atoms. The van der Waals surface area contributed by atoms with Gasteiger partial charge in [-0.25, -0.2) is 4.39 Å². The van der Waals surface area contributed by atoms with E-state index in [2.05, 4.69) is 6.58 Å². The summed E-state index contributed by atoms with van der Waals surface area (Å²) in [6.07, 6.45) is 0.389. The van der Waals surface area contributed by atoms with E-state index in [1.54, 1.807) is 0 Å². The summed E-state index contributed by atoms with van der Waals surface area (Å²) in [5, 5.41) is 7.73. The van der Waals surface area contributed by atoms with Crippen LogP contribution in [0.25, 0.3) is 0 Å². The van der Waals surface area contributed by atoms with E-state index in [4.69, 9.17) is 5.11 Å². The number of halogens is 1. The van der Waals surface area contributed by atoms with Crippen LogP contribution in [-0.4, -0.2) is 40.6 Å². The summed E-state index contributed by atoms with van der Waals surface area (Å²) in [6.45, 7) is 2.69. The number of carboxylic acids is 1. The molecule has 0 aliphatic carbocycles. The molecule has 0 spiro atoms. The Kier molecular flexibility index (Phi) is 7.26. The second-order valence-electron chi connectivity index (χ2n) is 0.929. The van der Waals surface area contributed by atoms with E-state index in [-0.39, 0.29) is 29.6 Å². The van der Waals surface area contributed by atoms with Crippen LogP contribution in [0.4, 0.5) is 4.39 Å². The van der Waals surface area contributed by atoms with Crippen molar-refractivity contribution in [2.75, 3.05) is 0 Å². The first kappa shape index (κ1) is 11.0. The topological polar surface area (TPSA) is 37.3 Å². The Morgan fingerprint density at radius 2 is 2.12 bits per heavy atom. The van der Waals surface area contributed by atoms with Gasteiger partial charge in [-0.05, 0) is 0 Å². The van der Waals surface area contributed by atoms with Crippen molar-refractivity contribution in [3.63, 3.8) is 0 Å². The number of hydrogen-bond donors (Lipinski definition) is 1. The molecule has 0 aliphatic heterocycles. The van der Waals surface area contributed by atoms with Crippen molar-refractivity contribution in [3.05, 3.63) is 18.8 Å². The molecule has 0 aliphatic rings. The van der Waals surface area contributed by atoms with Crippen LogP contribution in [0.2, 0.25) is 0 Å². The molecular formula is C4H5FNaO2. The molecule has 0 unspecified atom stereocenters. The van der Waals surface area contributed by atoms with Crippen molar-refractivity contribution in [3.8, 4) is 0 Å². The molecular weight excluding hydrogens is 122 g/mol. The molecule has 4 heteroatoms. The van der Waals surface area contributed by atoms with Crippen molar-refractivity contribution >= 4 is 35.5 Å². The van der Waals surface area contributed by atoms with Crippen molar-refractivity contribution in [2.45, 2.75) is 0 Å². The summed E-state index contributed by atoms with van der Waals surface area (Å²) in [7, 11) is 0. The van der Waals surface area contributed by atoms with Crippen molar-refractivity contribution in [1.29, 1.82) is 0 Å². The number of hydrogen-bond acceptors (Lipinski definition) is 1. The molecule has 1 N–H and O–H groups in total. The maximum atomic E-state index is 11.3. The zero-order valence-electron chi connectivity index (χ0n) is 3.52. The summed E-state index contributed by atoms with van der Waals surface area (Å²) in [5.74, 6) is -2.25. The van der Waals surface area contributed by atoms with E-state index < -0.39 is 11.8 Å². The van der Waals surface area contributed by atoms with Gasteiger partial charge in [0.15, 0.2) is 0 Å². The molecule has 0 atom stereocenters. The fourth-order valence-electron chi connectivity index (χ4n) is 0.134. The van der Waals surface area contributed by atoms with E-state index in [1.165, 1.54) is 0 Å². The van der Waals surface area contributed by atoms with Gasteiger partial charge in [0.2, 0.25) is 0 Å². The van der Waals surface area contributed by atoms with E-state index in [0.29, 0.717) is 6.42 Å². The van der Waals surface area contributed by atoms with Gasteiger partial charge in [0.05, 0.1) is 0 Å². The third-order valence-corrected chi connectivity index (χ3v) is 0.280. The van der Waals surface area contributed by atoms with Crippen LogP contribution in [0.15, 0.2) is 12.4 Å². The second kappa shape index (κ2) is 5.28. The first-order valence-electron chi connectivity index (χ1n) is 1.55. The van der Waals surface area contributed by atoms with Gasteiger partial charge in [-0.2, -0.15) is 0 Å². The van der Waals surface area contributed by atoms with Gasteiger partial charge in [-0.15, -0.1) is 0 Å². The second-order valence-corrected chi connectivity index (χ2v) is 0.929. The van der Waals surface area contributed by atoms with Gasteiger partial charge >= 0.3 is 35.5 Å². The van der Waals surface area contributed by atoms with Gasteiger partial charge in [-0.1, -0.05) is 6.58 Å². The summed E-state index contributed by atoms with van der Waals surface area (Å²) in [5.41, 5.74) is 0. The molecule has 0 rings (SSSR count). The molecule has 1 radical (unpaired) electrons. The van der Waals surface area contributed by atoms with Gasteiger partial charge < -0.3 is 5.11 Å². The minimum atomic E-state index is -1.31. The Balaban J connectivity index is 0. The maximum absolute atomic E-state index is 11.3. The summed E-state index contributed by atoms with van der Waals surface area (Å²) in [6, 6.07) is 0. The normalized spacial score (nSPS) is 7.12. The average Bonchev–Trinajstić information content (AvgIpc) is 1.27. The average molecular weight is 127 g/mol. The molecule has 2 nitrogen and oxygen atoms in total. The molecule has 41 valence electrons. The van der Waals surface area contributed by atoms with Gasteiger partial charge in [0.1, 0.15) is 12.2 Å². The van der Waals surface area contributed by atoms with Crippen molar-refractivity contribution in [2.24, 2.45) is 0 Å². The summed E-state index contributed by atoms with van der Waals surface area (Å²) in [4.78, 5) is 9.45. The third-order valence-electron chi connectivity index (χ3n) is 0.280. The molecule has 0 aromatic carbocycles. The van der Waals surface area contributed by atoms with Gasteiger partial charge in [0, 0.05) is 0 Å². The molecule has 0 saturated heterocycles. The molecule has 0 fully saturated rings. The zero-order chi connectivity index (χ0) is 5.86. The molecule has 0 amide bonds. The molecule has 0 aromatic rings. The minimum absolute atomic E-state index is 0. The van der Waals surface area contributed by atoms with Crippen LogP contribution in [0.5, 0.6) is 0 Å². The first-order valence-corrected chi connectivity index (χ1v) is 1.55. The molecule has 8 heavy (non-hydrogen) atoms. The zero-order valence-corrected chi connectivity index (χ0v) is 3.52. The molecule has 0 heterocycles. The van der Waals surface area contributed by atoms with E-state index in [9.17, 15) is 9.18 Å². The van der Waals surface area contributed by atoms with Crippen LogP contribution < -0.4 is 0 Å². The van der Waals surface area contributed by atoms with E-state index in [0.717, 1.165) is 0 Å². The number of carboxylic acid groups (broad SMARTS) is 1. The van der Waals surface area contributed by atoms with Crippen LogP contribution in [0.1, 0.15) is 0 Å². The van der Waals surface area contributed by atoms with E-state index in [1.807, 2.05) is 0 Å². The number of aliphatic carboxylic acids is 1. The quantitative estimate of drug-likeness (QED) is 0.534. The van der Waals surface area contributed by atoms with Gasteiger partial charge in [-0.3, -0.25) is 4.79 Å². The number of rotatable bonds is 2. The van der Waals surface area contributed by atoms with Crippen LogP contribution in [-0.2, 0) is 4.79 Å². The fraction of sp³-hybridized carbons (Fsp3) is 0. The first-order chi connectivity index (χ1) is 3.13. The summed E-state index contributed by atoms with van der Waals surface area (Å²) < 4.78 is 11.3. The molecule has 0 saturated carbocycles. The van der Waals surface area contributed by atoms with Crippen molar-refractivity contribution in [1.82, 2.24) is 0 Å². The number of carbonyl (C=O) groups is 1. The Hall–Kier alpha value is 0.140. The SMILES string of the molecule is C=C(F)[CH]C(=O)O.[NaH]. The van der Waals surface area contributed by atoms with Crippen LogP contribution in [0.3, 0.4) is 0 Å². The predicted molar refractivity (Wildman–Crippen MR) is 29.3 cm³/mol. The Labute approximate surface area is 68.7 Å². The van der Waals surface area contributed by atoms with Crippen LogP contribution in [0, 0.1) is 6.42 Å². The Morgan fingerprint density at radius 1 is 1.75 bits per heavy atom. The van der Waals surface area contributed by atoms with Crippen LogP contribution >= 0.6 is 0 Å². The van der Waals surface area contributed by atoms with Gasteiger partial charge in [0.25, 0.3) is 0 Å². The third kappa shape index (κ3) is 9.46. The Morgan fingerprint density at radius 3 is 2.12 bits per heavy atom. The molecule has 0 aromatic heterocycles. The predicted octanol–water partition coefficient (Wildman–Crippen LogP) is 0.110. The monoisotopic (exact) mass is 127 g/mol.